The summed E-state index contributed by atoms with van der Waals surface area (Å²) in [7, 11) is -0.527. The molecule has 0 bridgehead atoms. The minimum atomic E-state index is -0.647. The lowest BCUT2D eigenvalue weighted by Crippen LogP contribution is -2.50. The molecule has 0 atom stereocenters. The van der Waals surface area contributed by atoms with Gasteiger partial charge in [-0.3, -0.25) is 0 Å². The van der Waals surface area contributed by atoms with Crippen LogP contribution in [0.5, 0.6) is 0 Å². The molecule has 8 heteroatoms. The molecule has 27 rings (SSSR count). The van der Waals surface area contributed by atoms with Gasteiger partial charge in [0.05, 0.1) is 55.3 Å². The fraction of sp³-hybridized carbons (Fsp3) is 0.0847. The van der Waals surface area contributed by atoms with Crippen molar-refractivity contribution in [3.63, 3.8) is 0 Å². The lowest BCUT2D eigenvalue weighted by atomic mass is 9.49. The maximum atomic E-state index is 6.95. The molecule has 0 radical (unpaired) electrons. The predicted octanol–water partition coefficient (Wildman–Crippen LogP) is 27.3. The highest BCUT2D eigenvalue weighted by Gasteiger charge is 2.64. The monoisotopic (exact) mass is 1630 g/mol. The quantitative estimate of drug-likeness (QED) is 0.129. The molecule has 126 heavy (non-hydrogen) atoms. The molecule has 3 heterocycles. The molecule has 0 unspecified atom stereocenters. The third-order valence-electron chi connectivity index (χ3n) is 29.0. The first-order valence-corrected chi connectivity index (χ1v) is 44.1. The van der Waals surface area contributed by atoms with Crippen molar-refractivity contribution in [1.29, 1.82) is 0 Å². The number of para-hydroxylation sites is 2. The number of hydrogen-bond donors (Lipinski definition) is 0. The summed E-state index contributed by atoms with van der Waals surface area (Å²) in [6, 6.07) is 151. The number of rotatable bonds is 4. The van der Waals surface area contributed by atoms with Gasteiger partial charge in [0, 0.05) is 27.5 Å². The SMILES string of the molecule is CC1(C)OB(c2cccc3c2C2(c4ccccc4-c4ccccc42)c2ccccc2C32c3ccccc3-c3ccccc32)OC1(C)C.Clc1nc(-c2ccc3ccccc3c2)c2ccccc2n1.c1ccc2c(c1)-c1ccccc1C21c2ccccc2C2(c3ccccc3-c3ccccc32)c2c(-c3nc(-c4ccc5ccccc5c4)c4ccccc4n3)cccc21. The molecule has 7 aliphatic rings. The van der Waals surface area contributed by atoms with Crippen LogP contribution in [-0.4, -0.2) is 38.3 Å². The Balaban J connectivity index is 0.000000113. The molecule has 18 aromatic carbocycles. The largest absolute Gasteiger partial charge is 0.495 e. The number of aromatic nitrogens is 4. The smallest absolute Gasteiger partial charge is 0.399 e. The van der Waals surface area contributed by atoms with Gasteiger partial charge in [-0.05, 0) is 224 Å². The fourth-order valence-electron chi connectivity index (χ4n) is 23.3. The molecule has 20 aromatic rings. The van der Waals surface area contributed by atoms with Gasteiger partial charge in [-0.1, -0.05) is 388 Å². The van der Waals surface area contributed by atoms with Crippen LogP contribution >= 0.6 is 11.6 Å². The average Bonchev–Trinajstić information content (AvgIpc) is 1.43. The van der Waals surface area contributed by atoms with E-state index in [9.17, 15) is 0 Å². The second-order valence-electron chi connectivity index (χ2n) is 35.4. The summed E-state index contributed by atoms with van der Waals surface area (Å²) in [5.41, 5.74) is 35.8. The Morgan fingerprint density at radius 2 is 0.516 bits per heavy atom. The van der Waals surface area contributed by atoms with Gasteiger partial charge >= 0.3 is 7.12 Å². The molecule has 6 aliphatic carbocycles. The first-order valence-electron chi connectivity index (χ1n) is 43.7. The summed E-state index contributed by atoms with van der Waals surface area (Å²) in [4.78, 5) is 19.9. The molecule has 0 saturated carbocycles. The lowest BCUT2D eigenvalue weighted by Gasteiger charge is -2.49. The molecular formula is C118H80BClN4O2. The maximum absolute atomic E-state index is 6.95. The third-order valence-corrected chi connectivity index (χ3v) is 29.1. The van der Waals surface area contributed by atoms with E-state index in [2.05, 4.69) is 414 Å². The van der Waals surface area contributed by atoms with Crippen LogP contribution < -0.4 is 5.46 Å². The van der Waals surface area contributed by atoms with Crippen molar-refractivity contribution in [3.05, 3.63) is 507 Å². The summed E-state index contributed by atoms with van der Waals surface area (Å²) in [6.45, 7) is 8.61. The summed E-state index contributed by atoms with van der Waals surface area (Å²) in [5, 5.41) is 7.13. The Labute approximate surface area is 737 Å². The molecule has 0 amide bonds. The Bertz CT molecular complexity index is 7820. The highest BCUT2D eigenvalue weighted by Crippen LogP contribution is 2.71. The molecule has 1 fully saturated rings. The van der Waals surface area contributed by atoms with Crippen molar-refractivity contribution in [2.75, 3.05) is 0 Å². The number of hydrogen-bond acceptors (Lipinski definition) is 6. The highest BCUT2D eigenvalue weighted by atomic mass is 35.5. The average molecular weight is 1630 g/mol. The third kappa shape index (κ3) is 10.1. The van der Waals surface area contributed by atoms with Crippen LogP contribution in [0, 0.1) is 0 Å². The molecule has 6 nitrogen and oxygen atoms in total. The number of benzene rings is 18. The van der Waals surface area contributed by atoms with Crippen molar-refractivity contribution in [1.82, 2.24) is 19.9 Å². The van der Waals surface area contributed by atoms with E-state index in [1.807, 2.05) is 36.4 Å². The predicted molar refractivity (Wildman–Crippen MR) is 514 cm³/mol. The lowest BCUT2D eigenvalue weighted by molar-refractivity contribution is 0.00578. The maximum Gasteiger partial charge on any atom is 0.495 e. The van der Waals surface area contributed by atoms with Crippen LogP contribution in [0.4, 0.5) is 0 Å². The van der Waals surface area contributed by atoms with E-state index in [4.69, 9.17) is 30.9 Å². The highest BCUT2D eigenvalue weighted by molar-refractivity contribution is 6.63. The Morgan fingerprint density at radius 1 is 0.230 bits per heavy atom. The normalized spacial score (nSPS) is 15.6. The van der Waals surface area contributed by atoms with E-state index in [0.29, 0.717) is 0 Å². The molecule has 1 aliphatic heterocycles. The van der Waals surface area contributed by atoms with E-state index in [0.717, 1.165) is 61.2 Å². The van der Waals surface area contributed by atoms with Crippen LogP contribution in [0.25, 0.3) is 122 Å². The second-order valence-corrected chi connectivity index (χ2v) is 35.8. The van der Waals surface area contributed by atoms with Gasteiger partial charge in [0.25, 0.3) is 0 Å². The zero-order chi connectivity index (χ0) is 84.0. The molecule has 2 aromatic heterocycles. The van der Waals surface area contributed by atoms with Crippen molar-refractivity contribution >= 4 is 67.5 Å². The first-order chi connectivity index (χ1) is 61.9. The number of nitrogens with zero attached hydrogens (tertiary/aromatic N) is 4. The van der Waals surface area contributed by atoms with Gasteiger partial charge in [0.1, 0.15) is 0 Å². The topological polar surface area (TPSA) is 70.0 Å². The van der Waals surface area contributed by atoms with E-state index < -0.39 is 40.0 Å². The number of halogens is 1. The van der Waals surface area contributed by atoms with Crippen LogP contribution in [0.15, 0.2) is 413 Å². The van der Waals surface area contributed by atoms with Gasteiger partial charge in [0.2, 0.25) is 5.28 Å². The number of fused-ring (bicyclic) bond motifs is 36. The molecular weight excluding hydrogens is 1550 g/mol. The van der Waals surface area contributed by atoms with Crippen LogP contribution in [0.2, 0.25) is 5.28 Å². The Hall–Kier alpha value is -14.6. The van der Waals surface area contributed by atoms with E-state index in [-0.39, 0.29) is 5.28 Å². The summed E-state index contributed by atoms with van der Waals surface area (Å²) >= 11 is 6.07. The van der Waals surface area contributed by atoms with Crippen molar-refractivity contribution in [3.8, 4) is 78.4 Å². The fourth-order valence-corrected chi connectivity index (χ4v) is 23.5. The molecule has 4 spiro atoms. The van der Waals surface area contributed by atoms with Crippen LogP contribution in [-0.2, 0) is 31.0 Å². The minimum absolute atomic E-state index is 0.275. The van der Waals surface area contributed by atoms with Crippen LogP contribution in [0.3, 0.4) is 0 Å². The van der Waals surface area contributed by atoms with Gasteiger partial charge in [-0.2, -0.15) is 0 Å². The minimum Gasteiger partial charge on any atom is -0.399 e. The van der Waals surface area contributed by atoms with E-state index in [1.165, 1.54) is 155 Å². The van der Waals surface area contributed by atoms with Gasteiger partial charge < -0.3 is 9.31 Å². The molecule has 1 saturated heterocycles. The van der Waals surface area contributed by atoms with Crippen LogP contribution in [0.1, 0.15) is 117 Å². The zero-order valence-electron chi connectivity index (χ0n) is 69.8. The van der Waals surface area contributed by atoms with Crippen molar-refractivity contribution < 1.29 is 9.31 Å². The molecule has 0 N–H and O–H groups in total. The van der Waals surface area contributed by atoms with E-state index in [1.54, 1.807) is 0 Å². The summed E-state index contributed by atoms with van der Waals surface area (Å²) in [6.07, 6.45) is 0. The van der Waals surface area contributed by atoms with Crippen molar-refractivity contribution in [2.24, 2.45) is 0 Å². The standard InChI is InChI=1S/C56H34N2.C44H35BO2.C18H11ClN2/c1-2-17-36-34-37(33-32-35(36)16-1)53-42-22-7-14-31-51(42)57-54(58-53)43-23-15-30-50-52(43)56(46-26-10-5-20-40(46)41-21-6-11-27-47(41)56)49-29-13-12-28-48(49)55(50)44-24-8-3-18-38(44)39-19-4-9-25-45(39)55;1-41(2)42(3,4)47-45(46-41)39-27-15-26-38-40(39)44(34-22-11-7-18-30(34)31-19-8-12-23-35(31)44)37-25-14-13-24-36(37)43(38)32-20-9-5-16-28(32)29-17-6-10-21-33(29)43;19-18-20-16-8-4-3-7-15(16)17(21-18)14-10-9-12-5-1-2-6-13(12)11-14/h1-34H;5-27H,1-4H3;1-11H. The van der Waals surface area contributed by atoms with Gasteiger partial charge in [0.15, 0.2) is 5.82 Å². The second kappa shape index (κ2) is 27.7. The van der Waals surface area contributed by atoms with Gasteiger partial charge in [-0.25, -0.2) is 19.9 Å². The van der Waals surface area contributed by atoms with Gasteiger partial charge in [-0.15, -0.1) is 0 Å². The van der Waals surface area contributed by atoms with E-state index >= 15 is 0 Å². The first kappa shape index (κ1) is 74.1. The zero-order valence-corrected chi connectivity index (χ0v) is 70.6. The molecule has 594 valence electrons. The van der Waals surface area contributed by atoms with Crippen molar-refractivity contribution in [2.45, 2.75) is 60.6 Å². The Morgan fingerprint density at radius 3 is 0.921 bits per heavy atom. The summed E-state index contributed by atoms with van der Waals surface area (Å²) < 4.78 is 13.9. The Kier molecular flexibility index (Phi) is 16.3. The summed E-state index contributed by atoms with van der Waals surface area (Å²) in [5.74, 6) is 0.731.